The molecule has 0 fully saturated rings. The molecule has 2 N–H and O–H groups in total. The van der Waals surface area contributed by atoms with Crippen molar-refractivity contribution in [2.45, 2.75) is 23.6 Å². The zero-order valence-corrected chi connectivity index (χ0v) is 13.1. The molecule has 0 aliphatic rings. The van der Waals surface area contributed by atoms with Gasteiger partial charge < -0.3 is 5.11 Å². The van der Waals surface area contributed by atoms with E-state index < -0.39 is 31.9 Å². The van der Waals surface area contributed by atoms with Gasteiger partial charge in [0.25, 0.3) is 10.0 Å². The minimum Gasteiger partial charge on any atom is -0.480 e. The van der Waals surface area contributed by atoms with Crippen molar-refractivity contribution in [2.24, 2.45) is 0 Å². The molecule has 0 aliphatic heterocycles. The molecular weight excluding hydrogens is 326 g/mol. The largest absolute Gasteiger partial charge is 0.480 e. The molecule has 1 rings (SSSR count). The molecular formula is C10H15NO6S3. The predicted octanol–water partition coefficient (Wildman–Crippen LogP) is 0.304. The van der Waals surface area contributed by atoms with Crippen molar-refractivity contribution in [2.75, 3.05) is 11.5 Å². The van der Waals surface area contributed by atoms with Crippen LogP contribution >= 0.6 is 11.3 Å². The molecule has 0 aliphatic carbocycles. The van der Waals surface area contributed by atoms with Crippen LogP contribution < -0.4 is 4.72 Å². The fourth-order valence-corrected chi connectivity index (χ4v) is 4.45. The Hall–Kier alpha value is -0.970. The first-order chi connectivity index (χ1) is 9.18. The number of rotatable bonds is 8. The third-order valence-corrected chi connectivity index (χ3v) is 7.12. The van der Waals surface area contributed by atoms with E-state index in [0.717, 1.165) is 11.3 Å². The van der Waals surface area contributed by atoms with E-state index in [1.54, 1.807) is 5.38 Å². The zero-order valence-electron chi connectivity index (χ0n) is 10.6. The van der Waals surface area contributed by atoms with Gasteiger partial charge in [0.2, 0.25) is 0 Å². The van der Waals surface area contributed by atoms with Crippen LogP contribution in [-0.4, -0.2) is 45.5 Å². The van der Waals surface area contributed by atoms with Crippen LogP contribution in [0.3, 0.4) is 0 Å². The van der Waals surface area contributed by atoms with E-state index in [1.165, 1.54) is 19.1 Å². The molecule has 0 spiro atoms. The Morgan fingerprint density at radius 3 is 2.50 bits per heavy atom. The van der Waals surface area contributed by atoms with Crippen LogP contribution in [0.25, 0.3) is 0 Å². The first-order valence-electron chi connectivity index (χ1n) is 5.67. The SMILES string of the molecule is CCS(=O)(=O)CCC(NS(=O)(=O)c1cccs1)C(=O)O. The normalized spacial score (nSPS) is 14.1. The van der Waals surface area contributed by atoms with Gasteiger partial charge in [0, 0.05) is 5.75 Å². The minimum absolute atomic E-state index is 0.0119. The molecule has 10 heteroatoms. The summed E-state index contributed by atoms with van der Waals surface area (Å²) in [5, 5.41) is 10.5. The smallest absolute Gasteiger partial charge is 0.321 e. The number of nitrogens with one attached hydrogen (secondary N) is 1. The van der Waals surface area contributed by atoms with Crippen molar-refractivity contribution < 1.29 is 26.7 Å². The fraction of sp³-hybridized carbons (Fsp3) is 0.500. The average molecular weight is 341 g/mol. The summed E-state index contributed by atoms with van der Waals surface area (Å²) >= 11 is 0.950. The first-order valence-corrected chi connectivity index (χ1v) is 9.85. The van der Waals surface area contributed by atoms with Gasteiger partial charge in [-0.3, -0.25) is 4.79 Å². The standard InChI is InChI=1S/C10H15NO6S3/c1-2-19(14,15)7-5-8(10(12)13)11-20(16,17)9-4-3-6-18-9/h3-4,6,8,11H,2,5,7H2,1H3,(H,12,13). The quantitative estimate of drug-likeness (QED) is 0.702. The lowest BCUT2D eigenvalue weighted by Gasteiger charge is -2.13. The Balaban J connectivity index is 2.81. The Bertz CT molecular complexity index is 647. The molecule has 0 bridgehead atoms. The summed E-state index contributed by atoms with van der Waals surface area (Å²) < 4.78 is 48.5. The summed E-state index contributed by atoms with van der Waals surface area (Å²) in [6.45, 7) is 1.45. The molecule has 0 amide bonds. The molecule has 0 saturated heterocycles. The van der Waals surface area contributed by atoms with Crippen molar-refractivity contribution in [1.29, 1.82) is 0 Å². The van der Waals surface area contributed by atoms with Gasteiger partial charge in [0.05, 0.1) is 5.75 Å². The fourth-order valence-electron chi connectivity index (χ4n) is 1.34. The Labute approximate surface area is 121 Å². The summed E-state index contributed by atoms with van der Waals surface area (Å²) in [5.74, 6) is -1.90. The third-order valence-electron chi connectivity index (χ3n) is 2.51. The number of hydrogen-bond donors (Lipinski definition) is 2. The van der Waals surface area contributed by atoms with Crippen LogP contribution in [0.5, 0.6) is 0 Å². The lowest BCUT2D eigenvalue weighted by atomic mass is 10.2. The number of carboxylic acid groups (broad SMARTS) is 1. The summed E-state index contributed by atoms with van der Waals surface area (Å²) in [6.07, 6.45) is -0.309. The number of hydrogen-bond acceptors (Lipinski definition) is 6. The van der Waals surface area contributed by atoms with Crippen molar-refractivity contribution in [1.82, 2.24) is 4.72 Å². The van der Waals surface area contributed by atoms with Crippen LogP contribution in [0.2, 0.25) is 0 Å². The Morgan fingerprint density at radius 1 is 1.40 bits per heavy atom. The van der Waals surface area contributed by atoms with Crippen molar-refractivity contribution in [3.05, 3.63) is 17.5 Å². The molecule has 114 valence electrons. The second-order valence-electron chi connectivity index (χ2n) is 3.97. The number of thiophene rings is 1. The highest BCUT2D eigenvalue weighted by molar-refractivity contribution is 7.91. The number of sulfone groups is 1. The summed E-state index contributed by atoms with van der Waals surface area (Å²) in [6, 6.07) is 1.40. The Kier molecular flexibility index (Phi) is 5.68. The van der Waals surface area contributed by atoms with Crippen LogP contribution in [0.1, 0.15) is 13.3 Å². The topological polar surface area (TPSA) is 118 Å². The third kappa shape index (κ3) is 4.85. The van der Waals surface area contributed by atoms with Crippen LogP contribution in [-0.2, 0) is 24.7 Å². The van der Waals surface area contributed by atoms with Gasteiger partial charge in [-0.2, -0.15) is 4.72 Å². The van der Waals surface area contributed by atoms with E-state index in [9.17, 15) is 21.6 Å². The van der Waals surface area contributed by atoms with Crippen LogP contribution in [0.15, 0.2) is 21.7 Å². The first kappa shape index (κ1) is 17.1. The van der Waals surface area contributed by atoms with Crippen molar-refractivity contribution >= 4 is 37.2 Å². The van der Waals surface area contributed by atoms with Gasteiger partial charge in [0.15, 0.2) is 0 Å². The lowest BCUT2D eigenvalue weighted by molar-refractivity contribution is -0.139. The van der Waals surface area contributed by atoms with E-state index in [2.05, 4.69) is 0 Å². The molecule has 1 aromatic heterocycles. The average Bonchev–Trinajstić information content (AvgIpc) is 2.88. The molecule has 1 aromatic rings. The number of aliphatic carboxylic acids is 1. The highest BCUT2D eigenvalue weighted by Crippen LogP contribution is 2.16. The van der Waals surface area contributed by atoms with Gasteiger partial charge in [-0.15, -0.1) is 11.3 Å². The molecule has 20 heavy (non-hydrogen) atoms. The minimum atomic E-state index is -3.94. The van der Waals surface area contributed by atoms with E-state index in [4.69, 9.17) is 5.11 Å². The van der Waals surface area contributed by atoms with Crippen LogP contribution in [0.4, 0.5) is 0 Å². The number of carboxylic acids is 1. The van der Waals surface area contributed by atoms with Gasteiger partial charge >= 0.3 is 5.97 Å². The molecule has 7 nitrogen and oxygen atoms in total. The predicted molar refractivity (Wildman–Crippen MR) is 75.0 cm³/mol. The molecule has 0 aromatic carbocycles. The maximum Gasteiger partial charge on any atom is 0.321 e. The molecule has 0 saturated carbocycles. The summed E-state index contributed by atoms with van der Waals surface area (Å²) in [4.78, 5) is 11.0. The molecule has 0 radical (unpaired) electrons. The highest BCUT2D eigenvalue weighted by Gasteiger charge is 2.27. The zero-order chi connectivity index (χ0) is 15.4. The van der Waals surface area contributed by atoms with Gasteiger partial charge in [-0.1, -0.05) is 13.0 Å². The highest BCUT2D eigenvalue weighted by atomic mass is 32.2. The van der Waals surface area contributed by atoms with Crippen LogP contribution in [0, 0.1) is 0 Å². The maximum absolute atomic E-state index is 11.9. The lowest BCUT2D eigenvalue weighted by Crippen LogP contribution is -2.41. The molecule has 1 atom stereocenters. The second-order valence-corrected chi connectivity index (χ2v) is 9.33. The number of carbonyl (C=O) groups is 1. The van der Waals surface area contributed by atoms with Gasteiger partial charge in [-0.05, 0) is 17.9 Å². The van der Waals surface area contributed by atoms with E-state index in [0.29, 0.717) is 0 Å². The summed E-state index contributed by atoms with van der Waals surface area (Å²) in [5.41, 5.74) is 0. The van der Waals surface area contributed by atoms with Gasteiger partial charge in [-0.25, -0.2) is 16.8 Å². The van der Waals surface area contributed by atoms with E-state index in [-0.39, 0.29) is 22.1 Å². The molecule has 1 heterocycles. The summed E-state index contributed by atoms with van der Waals surface area (Å²) in [7, 11) is -7.30. The van der Waals surface area contributed by atoms with Crippen molar-refractivity contribution in [3.8, 4) is 0 Å². The Morgan fingerprint density at radius 2 is 2.05 bits per heavy atom. The van der Waals surface area contributed by atoms with E-state index in [1.807, 2.05) is 4.72 Å². The molecule has 1 unspecified atom stereocenters. The second kappa shape index (κ2) is 6.66. The maximum atomic E-state index is 11.9. The van der Waals surface area contributed by atoms with Crippen molar-refractivity contribution in [3.63, 3.8) is 0 Å². The van der Waals surface area contributed by atoms with E-state index >= 15 is 0 Å². The number of sulfonamides is 1. The monoisotopic (exact) mass is 341 g/mol. The van der Waals surface area contributed by atoms with Gasteiger partial charge in [0.1, 0.15) is 20.1 Å².